The molecule has 0 amide bonds. The van der Waals surface area contributed by atoms with Crippen molar-refractivity contribution in [1.29, 1.82) is 0 Å². The van der Waals surface area contributed by atoms with Crippen LogP contribution in [0.4, 0.5) is 0 Å². The average Bonchev–Trinajstić information content (AvgIpc) is 2.33. The van der Waals surface area contributed by atoms with Crippen molar-refractivity contribution in [3.63, 3.8) is 0 Å². The van der Waals surface area contributed by atoms with Crippen molar-refractivity contribution >= 4 is 0 Å². The van der Waals surface area contributed by atoms with Crippen molar-refractivity contribution in [2.75, 3.05) is 0 Å². The largest absolute Gasteiger partial charge is 0.198 e. The van der Waals surface area contributed by atoms with Gasteiger partial charge >= 0.3 is 0 Å². The molecule has 1 aromatic heterocycles. The molecular weight excluding hydrogens is 194 g/mol. The van der Waals surface area contributed by atoms with Gasteiger partial charge in [0.2, 0.25) is 0 Å². The number of aromatic nitrogens is 1. The summed E-state index contributed by atoms with van der Waals surface area (Å²) in [5.41, 5.74) is 2.77. The minimum absolute atomic E-state index is 0.969. The zero-order valence-electron chi connectivity index (χ0n) is 9.76. The highest BCUT2D eigenvalue weighted by molar-refractivity contribution is 5.13. The molecule has 16 heavy (non-hydrogen) atoms. The van der Waals surface area contributed by atoms with E-state index in [4.69, 9.17) is 0 Å². The fourth-order valence-corrected chi connectivity index (χ4v) is 1.93. The lowest BCUT2D eigenvalue weighted by Gasteiger charge is -2.02. The average molecular weight is 212 g/mol. The monoisotopic (exact) mass is 212 g/mol. The Bertz CT molecular complexity index is 434. The maximum absolute atomic E-state index is 2.33. The maximum atomic E-state index is 2.33. The normalized spacial score (nSPS) is 10.3. The lowest BCUT2D eigenvalue weighted by atomic mass is 10.2. The molecule has 0 bridgehead atoms. The first kappa shape index (κ1) is 10.9. The van der Waals surface area contributed by atoms with Crippen LogP contribution in [0.25, 0.3) is 0 Å². The summed E-state index contributed by atoms with van der Waals surface area (Å²) >= 11 is 0. The Morgan fingerprint density at radius 1 is 0.938 bits per heavy atom. The van der Waals surface area contributed by atoms with E-state index in [0.717, 1.165) is 13.0 Å². The van der Waals surface area contributed by atoms with Crippen LogP contribution in [0.3, 0.4) is 0 Å². The molecule has 1 heterocycles. The van der Waals surface area contributed by atoms with Gasteiger partial charge in [0.15, 0.2) is 18.4 Å². The van der Waals surface area contributed by atoms with E-state index in [9.17, 15) is 0 Å². The molecule has 0 unspecified atom stereocenters. The zero-order chi connectivity index (χ0) is 11.2. The molecule has 1 aromatic carbocycles. The highest BCUT2D eigenvalue weighted by Crippen LogP contribution is 2.01. The van der Waals surface area contributed by atoms with Gasteiger partial charge in [0.25, 0.3) is 0 Å². The molecule has 82 valence electrons. The highest BCUT2D eigenvalue weighted by Gasteiger charge is 2.08. The molecule has 0 saturated heterocycles. The molecule has 2 aromatic rings. The van der Waals surface area contributed by atoms with Crippen molar-refractivity contribution in [3.8, 4) is 0 Å². The number of rotatable bonds is 4. The summed E-state index contributed by atoms with van der Waals surface area (Å²) in [5, 5.41) is 0. The van der Waals surface area contributed by atoms with Gasteiger partial charge in [0.05, 0.1) is 0 Å². The van der Waals surface area contributed by atoms with Crippen molar-refractivity contribution in [3.05, 3.63) is 66.0 Å². The Kier molecular flexibility index (Phi) is 3.71. The van der Waals surface area contributed by atoms with E-state index in [2.05, 4.69) is 66.2 Å². The Balaban J connectivity index is 2.21. The number of aryl methyl sites for hydroxylation is 1. The first-order valence-corrected chi connectivity index (χ1v) is 5.91. The van der Waals surface area contributed by atoms with E-state index >= 15 is 0 Å². The number of pyridine rings is 1. The van der Waals surface area contributed by atoms with Crippen molar-refractivity contribution in [1.82, 2.24) is 0 Å². The van der Waals surface area contributed by atoms with E-state index in [-0.39, 0.29) is 0 Å². The fourth-order valence-electron chi connectivity index (χ4n) is 1.93. The summed E-state index contributed by atoms with van der Waals surface area (Å²) in [4.78, 5) is 0. The number of benzene rings is 1. The minimum atomic E-state index is 0.969. The predicted octanol–water partition coefficient (Wildman–Crippen LogP) is 2.97. The van der Waals surface area contributed by atoms with Crippen molar-refractivity contribution in [2.24, 2.45) is 0 Å². The molecule has 0 fully saturated rings. The third-order valence-electron chi connectivity index (χ3n) is 2.74. The molecule has 0 radical (unpaired) electrons. The van der Waals surface area contributed by atoms with E-state index in [1.807, 2.05) is 0 Å². The quantitative estimate of drug-likeness (QED) is 0.686. The van der Waals surface area contributed by atoms with E-state index in [1.54, 1.807) is 0 Å². The van der Waals surface area contributed by atoms with Crippen LogP contribution < -0.4 is 4.57 Å². The van der Waals surface area contributed by atoms with Crippen LogP contribution in [-0.4, -0.2) is 0 Å². The Hall–Kier alpha value is -1.63. The minimum Gasteiger partial charge on any atom is -0.198 e. The van der Waals surface area contributed by atoms with Gasteiger partial charge in [-0.3, -0.25) is 0 Å². The molecule has 0 atom stereocenters. The van der Waals surface area contributed by atoms with Gasteiger partial charge in [-0.1, -0.05) is 43.3 Å². The number of nitrogens with zero attached hydrogens (tertiary/aromatic N) is 1. The summed E-state index contributed by atoms with van der Waals surface area (Å²) < 4.78 is 2.33. The van der Waals surface area contributed by atoms with Gasteiger partial charge in [-0.15, -0.1) is 0 Å². The van der Waals surface area contributed by atoms with Crippen LogP contribution in [0.15, 0.2) is 54.7 Å². The van der Waals surface area contributed by atoms with Crippen molar-refractivity contribution in [2.45, 2.75) is 26.3 Å². The second-order valence-corrected chi connectivity index (χ2v) is 4.06. The van der Waals surface area contributed by atoms with Gasteiger partial charge in [-0.25, -0.2) is 0 Å². The van der Waals surface area contributed by atoms with Crippen molar-refractivity contribution < 1.29 is 4.57 Å². The van der Waals surface area contributed by atoms with Crippen LogP contribution in [0.2, 0.25) is 0 Å². The topological polar surface area (TPSA) is 3.88 Å². The third kappa shape index (κ3) is 2.69. The zero-order valence-corrected chi connectivity index (χ0v) is 9.76. The highest BCUT2D eigenvalue weighted by atomic mass is 14.9. The summed E-state index contributed by atoms with van der Waals surface area (Å²) in [5.74, 6) is 0. The lowest BCUT2D eigenvalue weighted by molar-refractivity contribution is -0.695. The molecule has 1 nitrogen and oxygen atoms in total. The predicted molar refractivity (Wildman–Crippen MR) is 66.2 cm³/mol. The summed E-state index contributed by atoms with van der Waals surface area (Å²) in [6.45, 7) is 3.19. The van der Waals surface area contributed by atoms with Crippen LogP contribution in [-0.2, 0) is 13.0 Å². The Morgan fingerprint density at radius 3 is 2.44 bits per heavy atom. The standard InChI is InChI=1S/C15H18N/c1-2-8-15-11-6-7-12-16(15)13-14-9-4-3-5-10-14/h3-7,9-12H,2,8,13H2,1H3/q+1. The van der Waals surface area contributed by atoms with E-state index < -0.39 is 0 Å². The van der Waals surface area contributed by atoms with E-state index in [1.165, 1.54) is 17.7 Å². The first-order chi connectivity index (χ1) is 7.90. The Labute approximate surface area is 97.4 Å². The molecular formula is C15H18N+. The van der Waals surface area contributed by atoms with Gasteiger partial charge in [0.1, 0.15) is 0 Å². The molecule has 0 saturated carbocycles. The number of hydrogen-bond donors (Lipinski definition) is 0. The second kappa shape index (κ2) is 5.45. The fraction of sp³-hybridized carbons (Fsp3) is 0.267. The molecule has 0 spiro atoms. The summed E-state index contributed by atoms with van der Waals surface area (Å²) in [7, 11) is 0. The van der Waals surface area contributed by atoms with Crippen LogP contribution in [0, 0.1) is 0 Å². The van der Waals surface area contributed by atoms with Gasteiger partial charge in [-0.05, 0) is 6.42 Å². The lowest BCUT2D eigenvalue weighted by Crippen LogP contribution is -2.38. The first-order valence-electron chi connectivity index (χ1n) is 5.91. The molecule has 2 rings (SSSR count). The molecule has 0 aliphatic heterocycles. The van der Waals surface area contributed by atoms with Crippen LogP contribution in [0.5, 0.6) is 0 Å². The van der Waals surface area contributed by atoms with Crippen LogP contribution >= 0.6 is 0 Å². The van der Waals surface area contributed by atoms with Gasteiger partial charge in [-0.2, -0.15) is 4.57 Å². The van der Waals surface area contributed by atoms with Gasteiger partial charge < -0.3 is 0 Å². The summed E-state index contributed by atoms with van der Waals surface area (Å²) in [6, 6.07) is 17.0. The Morgan fingerprint density at radius 2 is 1.69 bits per heavy atom. The second-order valence-electron chi connectivity index (χ2n) is 4.06. The summed E-state index contributed by atoms with van der Waals surface area (Å²) in [6.07, 6.45) is 4.50. The third-order valence-corrected chi connectivity index (χ3v) is 2.74. The smallest absolute Gasteiger partial charge is 0.181 e. The maximum Gasteiger partial charge on any atom is 0.181 e. The molecule has 0 aliphatic rings. The molecule has 0 N–H and O–H groups in total. The molecule has 0 aliphatic carbocycles. The SMILES string of the molecule is CCCc1cccc[n+]1Cc1ccccc1. The number of hydrogen-bond acceptors (Lipinski definition) is 0. The van der Waals surface area contributed by atoms with Crippen LogP contribution in [0.1, 0.15) is 24.6 Å². The van der Waals surface area contributed by atoms with Gasteiger partial charge in [0, 0.05) is 24.1 Å². The van der Waals surface area contributed by atoms with E-state index in [0.29, 0.717) is 0 Å². The molecule has 1 heteroatoms.